The average Bonchev–Trinajstić information content (AvgIpc) is 3.47. The van der Waals surface area contributed by atoms with E-state index in [1.807, 2.05) is 45.0 Å². The average molecular weight is 521 g/mol. The number of nitrogens with one attached hydrogen (secondary N) is 1. The Morgan fingerprint density at radius 3 is 2.46 bits per heavy atom. The number of hydrogen-bond donors (Lipinski definition) is 1. The maximum Gasteiger partial charge on any atom is 0.240 e. The highest BCUT2D eigenvalue weighted by molar-refractivity contribution is 7.16. The van der Waals surface area contributed by atoms with Crippen LogP contribution >= 0.6 is 11.3 Å². The Bertz CT molecular complexity index is 1180. The van der Waals surface area contributed by atoms with E-state index in [0.29, 0.717) is 11.7 Å². The standard InChI is InChI=1S/C20H26N4OS.C8H8O.C2H6/c1-14-19(16-6-7-17-15(12-16)8-11-23(17)2)22-20(26-14)21-18(25)13-24-9-4-3-5-10-24;1-7-4-2-3-5-8(7)6-9;1-2/h6-7,12H,3-5,8-11,13H2,1-2H3,(H,21,22,25);2-6H,1H3;1-2H3. The van der Waals surface area contributed by atoms with Crippen LogP contribution in [-0.4, -0.2) is 55.3 Å². The first kappa shape index (κ1) is 28.5. The smallest absolute Gasteiger partial charge is 0.240 e. The maximum atomic E-state index is 12.3. The van der Waals surface area contributed by atoms with Crippen molar-refractivity contribution < 1.29 is 9.59 Å². The number of carbonyl (C=O) groups excluding carboxylic acids is 2. The molecule has 1 aromatic heterocycles. The van der Waals surface area contributed by atoms with Gasteiger partial charge in [0, 0.05) is 35.3 Å². The Kier molecular flexibility index (Phi) is 10.8. The largest absolute Gasteiger partial charge is 0.374 e. The van der Waals surface area contributed by atoms with Crippen LogP contribution in [0.1, 0.15) is 59.5 Å². The van der Waals surface area contributed by atoms with Gasteiger partial charge in [0.05, 0.1) is 12.2 Å². The second kappa shape index (κ2) is 14.1. The molecule has 1 saturated heterocycles. The van der Waals surface area contributed by atoms with Crippen molar-refractivity contribution in [1.82, 2.24) is 9.88 Å². The van der Waals surface area contributed by atoms with Crippen molar-refractivity contribution in [2.24, 2.45) is 0 Å². The number of thiazole rings is 1. The third-order valence-corrected chi connectivity index (χ3v) is 7.54. The molecule has 3 heterocycles. The predicted molar refractivity (Wildman–Crippen MR) is 156 cm³/mol. The van der Waals surface area contributed by atoms with E-state index in [-0.39, 0.29) is 5.91 Å². The molecular weight excluding hydrogens is 480 g/mol. The van der Waals surface area contributed by atoms with Crippen molar-refractivity contribution in [2.45, 2.75) is 53.4 Å². The van der Waals surface area contributed by atoms with Crippen LogP contribution in [0.2, 0.25) is 0 Å². The van der Waals surface area contributed by atoms with Gasteiger partial charge in [0.2, 0.25) is 5.91 Å². The number of likely N-dealkylation sites (tertiary alicyclic amines) is 1. The lowest BCUT2D eigenvalue weighted by atomic mass is 10.1. The summed E-state index contributed by atoms with van der Waals surface area (Å²) in [4.78, 5) is 32.9. The van der Waals surface area contributed by atoms with E-state index in [2.05, 4.69) is 47.3 Å². The molecule has 0 radical (unpaired) electrons. The third-order valence-electron chi connectivity index (χ3n) is 6.66. The molecule has 7 heteroatoms. The number of fused-ring (bicyclic) bond motifs is 1. The Morgan fingerprint density at radius 2 is 1.78 bits per heavy atom. The molecule has 37 heavy (non-hydrogen) atoms. The van der Waals surface area contributed by atoms with Crippen molar-refractivity contribution >= 4 is 34.3 Å². The highest BCUT2D eigenvalue weighted by Gasteiger charge is 2.19. The van der Waals surface area contributed by atoms with Gasteiger partial charge in [-0.2, -0.15) is 0 Å². The number of likely N-dealkylation sites (N-methyl/N-ethyl adjacent to an activating group) is 1. The molecule has 0 spiro atoms. The number of carbonyl (C=O) groups is 2. The number of rotatable bonds is 5. The molecular formula is C30H40N4O2S. The number of nitrogens with zero attached hydrogens (tertiary/aromatic N) is 3. The van der Waals surface area contributed by atoms with Crippen LogP contribution in [0.4, 0.5) is 10.8 Å². The Labute approximate surface area is 225 Å². The van der Waals surface area contributed by atoms with Gasteiger partial charge in [-0.15, -0.1) is 11.3 Å². The number of piperidine rings is 1. The summed E-state index contributed by atoms with van der Waals surface area (Å²) in [6.07, 6.45) is 5.63. The molecule has 2 aliphatic heterocycles. The Balaban J connectivity index is 0.000000291. The molecule has 1 N–H and O–H groups in total. The molecule has 2 aliphatic rings. The van der Waals surface area contributed by atoms with E-state index in [1.54, 1.807) is 11.3 Å². The lowest BCUT2D eigenvalue weighted by molar-refractivity contribution is -0.117. The number of aryl methyl sites for hydroxylation is 2. The zero-order chi connectivity index (χ0) is 26.8. The quantitative estimate of drug-likeness (QED) is 0.396. The molecule has 0 unspecified atom stereocenters. The minimum absolute atomic E-state index is 0.0442. The van der Waals surface area contributed by atoms with Crippen molar-refractivity contribution in [3.05, 3.63) is 64.0 Å². The van der Waals surface area contributed by atoms with E-state index in [9.17, 15) is 9.59 Å². The summed E-state index contributed by atoms with van der Waals surface area (Å²) in [5, 5.41) is 3.70. The van der Waals surface area contributed by atoms with Crippen LogP contribution in [0.3, 0.4) is 0 Å². The summed E-state index contributed by atoms with van der Waals surface area (Å²) < 4.78 is 0. The first-order valence-electron chi connectivity index (χ1n) is 13.3. The molecule has 6 nitrogen and oxygen atoms in total. The van der Waals surface area contributed by atoms with Gasteiger partial charge in [0.1, 0.15) is 6.29 Å². The molecule has 2 aromatic carbocycles. The van der Waals surface area contributed by atoms with Crippen molar-refractivity contribution in [3.8, 4) is 11.3 Å². The molecule has 0 aliphatic carbocycles. The van der Waals surface area contributed by atoms with Crippen molar-refractivity contribution in [2.75, 3.05) is 43.4 Å². The van der Waals surface area contributed by atoms with Gasteiger partial charge in [-0.25, -0.2) is 4.98 Å². The van der Waals surface area contributed by atoms with Crippen molar-refractivity contribution in [1.29, 1.82) is 0 Å². The normalized spacial score (nSPS) is 14.6. The first-order valence-corrected chi connectivity index (χ1v) is 14.1. The number of anilines is 2. The van der Waals surface area contributed by atoms with E-state index >= 15 is 0 Å². The summed E-state index contributed by atoms with van der Waals surface area (Å²) in [6, 6.07) is 14.1. The molecule has 0 saturated carbocycles. The highest BCUT2D eigenvalue weighted by Crippen LogP contribution is 2.35. The number of aldehydes is 1. The van der Waals surface area contributed by atoms with Gasteiger partial charge in [-0.1, -0.05) is 50.6 Å². The number of amides is 1. The van der Waals surface area contributed by atoms with E-state index < -0.39 is 0 Å². The predicted octanol–water partition coefficient (Wildman–Crippen LogP) is 6.37. The molecule has 3 aromatic rings. The zero-order valence-electron chi connectivity index (χ0n) is 22.8. The van der Waals surface area contributed by atoms with E-state index in [0.717, 1.165) is 59.6 Å². The van der Waals surface area contributed by atoms with Crippen LogP contribution in [0, 0.1) is 13.8 Å². The van der Waals surface area contributed by atoms with E-state index in [4.69, 9.17) is 4.98 Å². The van der Waals surface area contributed by atoms with Crippen LogP contribution in [0.25, 0.3) is 11.3 Å². The number of hydrogen-bond acceptors (Lipinski definition) is 6. The zero-order valence-corrected chi connectivity index (χ0v) is 23.7. The minimum atomic E-state index is 0.0442. The summed E-state index contributed by atoms with van der Waals surface area (Å²) in [5.41, 5.74) is 6.64. The molecule has 0 atom stereocenters. The Morgan fingerprint density at radius 1 is 1.05 bits per heavy atom. The van der Waals surface area contributed by atoms with Crippen LogP contribution in [-0.2, 0) is 11.2 Å². The topological polar surface area (TPSA) is 65.5 Å². The van der Waals surface area contributed by atoms with Crippen LogP contribution < -0.4 is 10.2 Å². The monoisotopic (exact) mass is 520 g/mol. The summed E-state index contributed by atoms with van der Waals surface area (Å²) in [7, 11) is 2.13. The lowest BCUT2D eigenvalue weighted by Gasteiger charge is -2.25. The summed E-state index contributed by atoms with van der Waals surface area (Å²) in [6.45, 7) is 11.6. The van der Waals surface area contributed by atoms with E-state index in [1.165, 1.54) is 30.5 Å². The minimum Gasteiger partial charge on any atom is -0.374 e. The maximum absolute atomic E-state index is 12.3. The second-order valence-electron chi connectivity index (χ2n) is 9.30. The highest BCUT2D eigenvalue weighted by atomic mass is 32.1. The van der Waals surface area contributed by atoms with Gasteiger partial charge in [0.15, 0.2) is 5.13 Å². The molecule has 0 bridgehead atoms. The van der Waals surface area contributed by atoms with Gasteiger partial charge < -0.3 is 10.2 Å². The number of benzene rings is 2. The van der Waals surface area contributed by atoms with Gasteiger partial charge in [-0.05, 0) is 69.5 Å². The molecule has 1 amide bonds. The van der Waals surface area contributed by atoms with Crippen LogP contribution in [0.15, 0.2) is 42.5 Å². The molecule has 198 valence electrons. The molecule has 5 rings (SSSR count). The van der Waals surface area contributed by atoms with Gasteiger partial charge in [-0.3, -0.25) is 14.5 Å². The lowest BCUT2D eigenvalue weighted by Crippen LogP contribution is -2.36. The van der Waals surface area contributed by atoms with Gasteiger partial charge in [0.25, 0.3) is 0 Å². The van der Waals surface area contributed by atoms with Crippen molar-refractivity contribution in [3.63, 3.8) is 0 Å². The molecule has 1 fully saturated rings. The SMILES string of the molecule is CC.Cc1ccccc1C=O.Cc1sc(NC(=O)CN2CCCCC2)nc1-c1ccc2c(c1)CCN2C. The first-order chi connectivity index (χ1) is 17.9. The Hall–Kier alpha value is -3.03. The number of aromatic nitrogens is 1. The van der Waals surface area contributed by atoms with Gasteiger partial charge >= 0.3 is 0 Å². The third kappa shape index (κ3) is 7.73. The fraction of sp³-hybridized carbons (Fsp3) is 0.433. The fourth-order valence-corrected chi connectivity index (χ4v) is 5.48. The summed E-state index contributed by atoms with van der Waals surface area (Å²) in [5.74, 6) is 0.0442. The fourth-order valence-electron chi connectivity index (χ4n) is 4.63. The van der Waals surface area contributed by atoms with Crippen LogP contribution in [0.5, 0.6) is 0 Å². The second-order valence-corrected chi connectivity index (χ2v) is 10.5. The summed E-state index contributed by atoms with van der Waals surface area (Å²) >= 11 is 1.56.